The zero-order chi connectivity index (χ0) is 15.5. The highest BCUT2D eigenvalue weighted by Gasteiger charge is 2.27. The summed E-state index contributed by atoms with van der Waals surface area (Å²) in [5.74, 6) is 0.477. The van der Waals surface area contributed by atoms with Crippen molar-refractivity contribution in [2.75, 3.05) is 13.1 Å². The summed E-state index contributed by atoms with van der Waals surface area (Å²) in [6.45, 7) is 10.3. The van der Waals surface area contributed by atoms with Gasteiger partial charge in [0.25, 0.3) is 0 Å². The van der Waals surface area contributed by atoms with Gasteiger partial charge in [0, 0.05) is 25.8 Å². The summed E-state index contributed by atoms with van der Waals surface area (Å²) in [7, 11) is 0. The predicted octanol–water partition coefficient (Wildman–Crippen LogP) is 3.09. The van der Waals surface area contributed by atoms with Gasteiger partial charge in [0.2, 0.25) is 0 Å². The van der Waals surface area contributed by atoms with Crippen molar-refractivity contribution in [3.63, 3.8) is 0 Å². The molecule has 0 aliphatic carbocycles. The van der Waals surface area contributed by atoms with Gasteiger partial charge in [-0.2, -0.15) is 0 Å². The van der Waals surface area contributed by atoms with Crippen molar-refractivity contribution in [1.29, 1.82) is 0 Å². The Morgan fingerprint density at radius 1 is 1.48 bits per heavy atom. The number of aromatic nitrogens is 2. The first-order valence-electron chi connectivity index (χ1n) is 7.86. The van der Waals surface area contributed by atoms with Gasteiger partial charge in [0.1, 0.15) is 5.60 Å². The van der Waals surface area contributed by atoms with E-state index >= 15 is 0 Å². The minimum Gasteiger partial charge on any atom is -0.444 e. The summed E-state index contributed by atoms with van der Waals surface area (Å²) in [6, 6.07) is 0. The van der Waals surface area contributed by atoms with Crippen LogP contribution in [-0.4, -0.2) is 39.2 Å². The Labute approximate surface area is 127 Å². The van der Waals surface area contributed by atoms with Crippen LogP contribution in [0.4, 0.5) is 4.79 Å². The molecule has 2 rings (SSSR count). The maximum Gasteiger partial charge on any atom is 0.410 e. The van der Waals surface area contributed by atoms with E-state index in [9.17, 15) is 4.79 Å². The first kappa shape index (κ1) is 15.9. The number of amides is 1. The number of hydrogen-bond acceptors (Lipinski definition) is 3. The number of ether oxygens (including phenoxy) is 1. The van der Waals surface area contributed by atoms with Crippen LogP contribution in [0.3, 0.4) is 0 Å². The number of piperidine rings is 1. The second kappa shape index (κ2) is 6.50. The molecular formula is C16H27N3O2. The van der Waals surface area contributed by atoms with Gasteiger partial charge in [-0.25, -0.2) is 9.78 Å². The summed E-state index contributed by atoms with van der Waals surface area (Å²) in [4.78, 5) is 18.4. The fourth-order valence-corrected chi connectivity index (χ4v) is 2.69. The lowest BCUT2D eigenvalue weighted by Crippen LogP contribution is -2.43. The van der Waals surface area contributed by atoms with Crippen LogP contribution in [0.1, 0.15) is 46.2 Å². The van der Waals surface area contributed by atoms with Crippen LogP contribution in [0.25, 0.3) is 0 Å². The first-order chi connectivity index (χ1) is 9.87. The topological polar surface area (TPSA) is 47.4 Å². The van der Waals surface area contributed by atoms with Gasteiger partial charge in [-0.05, 0) is 46.0 Å². The van der Waals surface area contributed by atoms with E-state index in [4.69, 9.17) is 4.74 Å². The molecule has 0 aromatic carbocycles. The molecule has 1 atom stereocenters. The number of carbonyl (C=O) groups excluding carboxylic acids is 1. The van der Waals surface area contributed by atoms with E-state index in [-0.39, 0.29) is 6.09 Å². The molecule has 0 spiro atoms. The maximum absolute atomic E-state index is 12.1. The highest BCUT2D eigenvalue weighted by Crippen LogP contribution is 2.20. The Kier molecular flexibility index (Phi) is 4.91. The molecular weight excluding hydrogens is 266 g/mol. The maximum atomic E-state index is 12.1. The summed E-state index contributed by atoms with van der Waals surface area (Å²) < 4.78 is 7.61. The van der Waals surface area contributed by atoms with Gasteiger partial charge < -0.3 is 14.2 Å². The van der Waals surface area contributed by atoms with E-state index in [0.717, 1.165) is 44.6 Å². The molecule has 1 aromatic heterocycles. The fourth-order valence-electron chi connectivity index (χ4n) is 2.69. The monoisotopic (exact) mass is 293 g/mol. The number of aryl methyl sites for hydroxylation is 1. The lowest BCUT2D eigenvalue weighted by molar-refractivity contribution is 0.0157. The van der Waals surface area contributed by atoms with Crippen LogP contribution in [-0.2, 0) is 17.7 Å². The SMILES string of the molecule is CCc1cn(C[C@@H]2CCCN(C(=O)OC(C)(C)C)C2)cn1. The van der Waals surface area contributed by atoms with Crippen molar-refractivity contribution in [3.05, 3.63) is 18.2 Å². The number of imidazole rings is 1. The van der Waals surface area contributed by atoms with E-state index in [1.54, 1.807) is 0 Å². The number of hydrogen-bond donors (Lipinski definition) is 0. The molecule has 118 valence electrons. The van der Waals surface area contributed by atoms with Crippen LogP contribution in [0.2, 0.25) is 0 Å². The molecule has 0 unspecified atom stereocenters. The van der Waals surface area contributed by atoms with Crippen molar-refractivity contribution in [3.8, 4) is 0 Å². The van der Waals surface area contributed by atoms with E-state index in [1.165, 1.54) is 0 Å². The zero-order valence-electron chi connectivity index (χ0n) is 13.6. The van der Waals surface area contributed by atoms with Crippen molar-refractivity contribution < 1.29 is 9.53 Å². The van der Waals surface area contributed by atoms with E-state index in [0.29, 0.717) is 5.92 Å². The highest BCUT2D eigenvalue weighted by molar-refractivity contribution is 5.68. The van der Waals surface area contributed by atoms with Crippen LogP contribution in [0.5, 0.6) is 0 Å². The molecule has 5 nitrogen and oxygen atoms in total. The Morgan fingerprint density at radius 2 is 2.24 bits per heavy atom. The van der Waals surface area contributed by atoms with Gasteiger partial charge in [-0.1, -0.05) is 6.92 Å². The largest absolute Gasteiger partial charge is 0.444 e. The summed E-state index contributed by atoms with van der Waals surface area (Å²) in [5, 5.41) is 0. The normalized spacial score (nSPS) is 19.6. The number of rotatable bonds is 3. The van der Waals surface area contributed by atoms with E-state index < -0.39 is 5.60 Å². The van der Waals surface area contributed by atoms with Gasteiger partial charge in [0.15, 0.2) is 0 Å². The van der Waals surface area contributed by atoms with Crippen LogP contribution in [0, 0.1) is 5.92 Å². The molecule has 2 heterocycles. The minimum atomic E-state index is -0.426. The third kappa shape index (κ3) is 4.76. The molecule has 0 N–H and O–H groups in total. The quantitative estimate of drug-likeness (QED) is 0.860. The predicted molar refractivity (Wildman–Crippen MR) is 82.1 cm³/mol. The molecule has 1 aliphatic heterocycles. The van der Waals surface area contributed by atoms with Crippen LogP contribution in [0.15, 0.2) is 12.5 Å². The van der Waals surface area contributed by atoms with Crippen molar-refractivity contribution in [2.45, 2.75) is 59.1 Å². The second-order valence-corrected chi connectivity index (χ2v) is 6.85. The summed E-state index contributed by atoms with van der Waals surface area (Å²) in [6.07, 6.45) is 6.96. The number of carbonyl (C=O) groups is 1. The second-order valence-electron chi connectivity index (χ2n) is 6.85. The molecule has 1 aromatic rings. The first-order valence-corrected chi connectivity index (χ1v) is 7.86. The molecule has 0 saturated carbocycles. The van der Waals surface area contributed by atoms with Crippen LogP contribution < -0.4 is 0 Å². The Balaban J connectivity index is 1.89. The molecule has 1 amide bonds. The van der Waals surface area contributed by atoms with Gasteiger partial charge >= 0.3 is 6.09 Å². The lowest BCUT2D eigenvalue weighted by atomic mass is 9.98. The standard InChI is InChI=1S/C16H27N3O2/c1-5-14-11-18(12-17-14)9-13-7-6-8-19(10-13)15(20)21-16(2,3)4/h11-13H,5-10H2,1-4H3/t13-/m0/s1. The van der Waals surface area contributed by atoms with Crippen LogP contribution >= 0.6 is 0 Å². The molecule has 1 aliphatic rings. The molecule has 0 radical (unpaired) electrons. The Hall–Kier alpha value is -1.52. The summed E-state index contributed by atoms with van der Waals surface area (Å²) in [5.41, 5.74) is 0.694. The number of likely N-dealkylation sites (tertiary alicyclic amines) is 1. The Morgan fingerprint density at radius 3 is 2.86 bits per heavy atom. The van der Waals surface area contributed by atoms with Gasteiger partial charge in [-0.3, -0.25) is 0 Å². The minimum absolute atomic E-state index is 0.188. The zero-order valence-corrected chi connectivity index (χ0v) is 13.6. The third-order valence-electron chi connectivity index (χ3n) is 3.69. The lowest BCUT2D eigenvalue weighted by Gasteiger charge is -2.34. The average Bonchev–Trinajstić information content (AvgIpc) is 2.85. The van der Waals surface area contributed by atoms with Gasteiger partial charge in [0.05, 0.1) is 12.0 Å². The van der Waals surface area contributed by atoms with Crippen molar-refractivity contribution >= 4 is 6.09 Å². The summed E-state index contributed by atoms with van der Waals surface area (Å²) >= 11 is 0. The third-order valence-corrected chi connectivity index (χ3v) is 3.69. The van der Waals surface area contributed by atoms with Crippen molar-refractivity contribution in [2.24, 2.45) is 5.92 Å². The molecule has 5 heteroatoms. The molecule has 21 heavy (non-hydrogen) atoms. The molecule has 1 saturated heterocycles. The molecule has 1 fully saturated rings. The van der Waals surface area contributed by atoms with E-state index in [1.807, 2.05) is 32.0 Å². The van der Waals surface area contributed by atoms with Gasteiger partial charge in [-0.15, -0.1) is 0 Å². The average molecular weight is 293 g/mol. The fraction of sp³-hybridized carbons (Fsp3) is 0.750. The Bertz CT molecular complexity index is 476. The molecule has 0 bridgehead atoms. The van der Waals surface area contributed by atoms with E-state index in [2.05, 4.69) is 22.7 Å². The smallest absolute Gasteiger partial charge is 0.410 e. The van der Waals surface area contributed by atoms with Crippen molar-refractivity contribution in [1.82, 2.24) is 14.5 Å². The number of nitrogens with zero attached hydrogens (tertiary/aromatic N) is 3. The highest BCUT2D eigenvalue weighted by atomic mass is 16.6.